The minimum absolute atomic E-state index is 0.0364. The Labute approximate surface area is 84.0 Å². The average molecular weight is 217 g/mol. The van der Waals surface area contributed by atoms with Crippen molar-refractivity contribution < 1.29 is 18.3 Å². The number of carbonyl (C=O) groups excluding carboxylic acids is 1. The summed E-state index contributed by atoms with van der Waals surface area (Å²) in [5.41, 5.74) is 8.72. The van der Waals surface area contributed by atoms with Gasteiger partial charge in [-0.05, 0) is 0 Å². The standard InChI is InChI=1S/C8H9F2N3O2/c1-15-4-2-3(11)5(7(9)10)6(13-4)8(12)14/h2,7H,1H3,(H2,11,13)(H2,12,14). The number of hydrogen-bond acceptors (Lipinski definition) is 4. The molecule has 1 heterocycles. The van der Waals surface area contributed by atoms with Crippen LogP contribution in [0.25, 0.3) is 0 Å². The molecule has 0 aromatic carbocycles. The first-order chi connectivity index (χ1) is 6.97. The number of methoxy groups -OCH3 is 1. The van der Waals surface area contributed by atoms with Crippen LogP contribution < -0.4 is 16.2 Å². The molecule has 0 bridgehead atoms. The zero-order valence-electron chi connectivity index (χ0n) is 7.83. The summed E-state index contributed by atoms with van der Waals surface area (Å²) in [5, 5.41) is 0. The lowest BCUT2D eigenvalue weighted by atomic mass is 10.1. The number of amides is 1. The van der Waals surface area contributed by atoms with Gasteiger partial charge < -0.3 is 16.2 Å². The van der Waals surface area contributed by atoms with Gasteiger partial charge in [0.15, 0.2) is 0 Å². The Morgan fingerprint density at radius 2 is 2.20 bits per heavy atom. The van der Waals surface area contributed by atoms with Crippen molar-refractivity contribution in [2.24, 2.45) is 5.73 Å². The van der Waals surface area contributed by atoms with Crippen LogP contribution >= 0.6 is 0 Å². The summed E-state index contributed by atoms with van der Waals surface area (Å²) in [6, 6.07) is 1.11. The first-order valence-electron chi connectivity index (χ1n) is 3.89. The van der Waals surface area contributed by atoms with Crippen molar-refractivity contribution in [1.82, 2.24) is 4.98 Å². The molecule has 5 nitrogen and oxygen atoms in total. The maximum absolute atomic E-state index is 12.5. The second kappa shape index (κ2) is 4.07. The average Bonchev–Trinajstić information content (AvgIpc) is 2.15. The zero-order chi connectivity index (χ0) is 11.6. The van der Waals surface area contributed by atoms with E-state index in [0.29, 0.717) is 0 Å². The molecule has 0 aliphatic rings. The summed E-state index contributed by atoms with van der Waals surface area (Å²) >= 11 is 0. The van der Waals surface area contributed by atoms with Crippen molar-refractivity contribution in [2.45, 2.75) is 6.43 Å². The molecule has 4 N–H and O–H groups in total. The highest BCUT2D eigenvalue weighted by Gasteiger charge is 2.22. The van der Waals surface area contributed by atoms with Crippen LogP contribution in [0.4, 0.5) is 14.5 Å². The predicted octanol–water partition coefficient (Wildman–Crippen LogP) is 0.709. The molecule has 1 aromatic heterocycles. The number of aromatic nitrogens is 1. The Bertz CT molecular complexity index is 396. The van der Waals surface area contributed by atoms with Crippen LogP contribution in [0.2, 0.25) is 0 Å². The van der Waals surface area contributed by atoms with Gasteiger partial charge in [-0.15, -0.1) is 0 Å². The molecular weight excluding hydrogens is 208 g/mol. The number of hydrogen-bond donors (Lipinski definition) is 2. The van der Waals surface area contributed by atoms with E-state index in [0.717, 1.165) is 6.07 Å². The highest BCUT2D eigenvalue weighted by atomic mass is 19.3. The molecule has 0 spiro atoms. The number of alkyl halides is 2. The van der Waals surface area contributed by atoms with Gasteiger partial charge in [-0.1, -0.05) is 0 Å². The summed E-state index contributed by atoms with van der Waals surface area (Å²) in [7, 11) is 1.27. The highest BCUT2D eigenvalue weighted by Crippen LogP contribution is 2.29. The summed E-state index contributed by atoms with van der Waals surface area (Å²) in [4.78, 5) is 14.4. The number of halogens is 2. The van der Waals surface area contributed by atoms with Crippen LogP contribution in [0.1, 0.15) is 22.5 Å². The maximum Gasteiger partial charge on any atom is 0.268 e. The molecule has 0 fully saturated rings. The molecule has 0 aliphatic carbocycles. The number of nitrogens with two attached hydrogens (primary N) is 2. The van der Waals surface area contributed by atoms with Crippen molar-refractivity contribution in [3.05, 3.63) is 17.3 Å². The Morgan fingerprint density at radius 1 is 1.60 bits per heavy atom. The summed E-state index contributed by atoms with van der Waals surface area (Å²) in [5.74, 6) is -1.11. The van der Waals surface area contributed by atoms with Gasteiger partial charge in [-0.2, -0.15) is 0 Å². The van der Waals surface area contributed by atoms with E-state index in [1.807, 2.05) is 0 Å². The van der Waals surface area contributed by atoms with Crippen LogP contribution in [0.5, 0.6) is 5.88 Å². The van der Waals surface area contributed by atoms with E-state index in [1.165, 1.54) is 7.11 Å². The third-order valence-electron chi connectivity index (χ3n) is 1.73. The van der Waals surface area contributed by atoms with Gasteiger partial charge in [0.2, 0.25) is 5.88 Å². The number of primary amides is 1. The monoisotopic (exact) mass is 217 g/mol. The molecule has 82 valence electrons. The molecule has 0 saturated heterocycles. The fourth-order valence-corrected chi connectivity index (χ4v) is 1.07. The highest BCUT2D eigenvalue weighted by molar-refractivity contribution is 5.94. The van der Waals surface area contributed by atoms with Gasteiger partial charge in [-0.25, -0.2) is 13.8 Å². The third-order valence-corrected chi connectivity index (χ3v) is 1.73. The molecule has 0 saturated carbocycles. The Kier molecular flexibility index (Phi) is 3.03. The summed E-state index contributed by atoms with van der Waals surface area (Å²) in [6.45, 7) is 0. The van der Waals surface area contributed by atoms with Gasteiger partial charge in [0.05, 0.1) is 12.7 Å². The van der Waals surface area contributed by atoms with E-state index >= 15 is 0 Å². The van der Waals surface area contributed by atoms with E-state index in [-0.39, 0.29) is 11.6 Å². The van der Waals surface area contributed by atoms with E-state index in [2.05, 4.69) is 9.72 Å². The van der Waals surface area contributed by atoms with Crippen LogP contribution in [0, 0.1) is 0 Å². The van der Waals surface area contributed by atoms with Crippen LogP contribution in [0.15, 0.2) is 6.07 Å². The minimum Gasteiger partial charge on any atom is -0.481 e. The lowest BCUT2D eigenvalue weighted by Gasteiger charge is -2.10. The summed E-state index contributed by atoms with van der Waals surface area (Å²) < 4.78 is 29.7. The Hall–Kier alpha value is -1.92. The molecule has 15 heavy (non-hydrogen) atoms. The first kappa shape index (κ1) is 11.2. The van der Waals surface area contributed by atoms with Crippen LogP contribution in [0.3, 0.4) is 0 Å². The first-order valence-corrected chi connectivity index (χ1v) is 3.89. The van der Waals surface area contributed by atoms with Gasteiger partial charge in [0, 0.05) is 11.8 Å². The number of ether oxygens (including phenoxy) is 1. The van der Waals surface area contributed by atoms with E-state index in [4.69, 9.17) is 11.5 Å². The van der Waals surface area contributed by atoms with Gasteiger partial charge in [0.1, 0.15) is 5.69 Å². The van der Waals surface area contributed by atoms with Crippen LogP contribution in [-0.2, 0) is 0 Å². The fourth-order valence-electron chi connectivity index (χ4n) is 1.07. The second-order valence-corrected chi connectivity index (χ2v) is 2.68. The van der Waals surface area contributed by atoms with Gasteiger partial charge >= 0.3 is 0 Å². The molecule has 1 amide bonds. The smallest absolute Gasteiger partial charge is 0.268 e. The van der Waals surface area contributed by atoms with E-state index in [9.17, 15) is 13.6 Å². The molecule has 0 radical (unpaired) electrons. The molecule has 0 aliphatic heterocycles. The number of anilines is 1. The number of pyridine rings is 1. The zero-order valence-corrected chi connectivity index (χ0v) is 7.83. The van der Waals surface area contributed by atoms with E-state index in [1.54, 1.807) is 0 Å². The molecule has 1 aromatic rings. The SMILES string of the molecule is COc1cc(N)c(C(F)F)c(C(N)=O)n1. The van der Waals surface area contributed by atoms with E-state index < -0.39 is 23.6 Å². The lowest BCUT2D eigenvalue weighted by molar-refractivity contribution is 0.0979. The Balaban J connectivity index is 3.42. The second-order valence-electron chi connectivity index (χ2n) is 2.68. The molecule has 1 rings (SSSR count). The van der Waals surface area contributed by atoms with Crippen molar-refractivity contribution in [2.75, 3.05) is 12.8 Å². The molecule has 7 heteroatoms. The largest absolute Gasteiger partial charge is 0.481 e. The van der Waals surface area contributed by atoms with Crippen LogP contribution in [-0.4, -0.2) is 18.0 Å². The van der Waals surface area contributed by atoms with Crippen molar-refractivity contribution in [3.63, 3.8) is 0 Å². The number of rotatable bonds is 3. The number of carbonyl (C=O) groups is 1. The predicted molar refractivity (Wildman–Crippen MR) is 48.7 cm³/mol. The molecule has 0 atom stereocenters. The minimum atomic E-state index is -2.91. The van der Waals surface area contributed by atoms with Gasteiger partial charge in [0.25, 0.3) is 12.3 Å². The lowest BCUT2D eigenvalue weighted by Crippen LogP contribution is -2.18. The number of nitrogens with zero attached hydrogens (tertiary/aromatic N) is 1. The number of nitrogen functional groups attached to an aromatic ring is 1. The quantitative estimate of drug-likeness (QED) is 0.779. The maximum atomic E-state index is 12.5. The third kappa shape index (κ3) is 2.12. The summed E-state index contributed by atoms with van der Waals surface area (Å²) in [6.07, 6.45) is -2.91. The molecule has 0 unspecified atom stereocenters. The van der Waals surface area contributed by atoms with Crippen molar-refractivity contribution in [1.29, 1.82) is 0 Å². The van der Waals surface area contributed by atoms with Crippen molar-refractivity contribution >= 4 is 11.6 Å². The topological polar surface area (TPSA) is 91.2 Å². The Morgan fingerprint density at radius 3 is 2.60 bits per heavy atom. The normalized spacial score (nSPS) is 10.4. The molecular formula is C8H9F2N3O2. The fraction of sp³-hybridized carbons (Fsp3) is 0.250. The van der Waals surface area contributed by atoms with Crippen molar-refractivity contribution in [3.8, 4) is 5.88 Å². The van der Waals surface area contributed by atoms with Gasteiger partial charge in [-0.3, -0.25) is 4.79 Å².